The average Bonchev–Trinajstić information content (AvgIpc) is 2.80. The van der Waals surface area contributed by atoms with Gasteiger partial charge in [0.05, 0.1) is 11.8 Å². The summed E-state index contributed by atoms with van der Waals surface area (Å²) in [5.74, 6) is 0. The van der Waals surface area contributed by atoms with E-state index in [4.69, 9.17) is 0 Å². The monoisotopic (exact) mass is 216 g/mol. The fourth-order valence-corrected chi connectivity index (χ4v) is 1.61. The fraction of sp³-hybridized carbons (Fsp3) is 0.308. The summed E-state index contributed by atoms with van der Waals surface area (Å²) < 4.78 is 1.83. The zero-order valence-corrected chi connectivity index (χ0v) is 9.37. The van der Waals surface area contributed by atoms with Crippen LogP contribution in [0.4, 0.5) is 0 Å². The summed E-state index contributed by atoms with van der Waals surface area (Å²) in [6, 6.07) is 10.2. The van der Waals surface area contributed by atoms with Gasteiger partial charge in [0.15, 0.2) is 0 Å². The molecule has 1 atom stereocenters. The van der Waals surface area contributed by atoms with E-state index in [0.717, 1.165) is 18.5 Å². The highest BCUT2D eigenvalue weighted by molar-refractivity contribution is 5.33. The molecule has 1 aromatic heterocycles. The summed E-state index contributed by atoms with van der Waals surface area (Å²) in [6.07, 6.45) is 5.18. The predicted octanol–water partition coefficient (Wildman–Crippen LogP) is 2.19. The van der Waals surface area contributed by atoms with Gasteiger partial charge in [-0.1, -0.05) is 12.1 Å². The third kappa shape index (κ3) is 2.70. The van der Waals surface area contributed by atoms with Crippen molar-refractivity contribution in [1.82, 2.24) is 9.78 Å². The van der Waals surface area contributed by atoms with Crippen LogP contribution in [-0.2, 0) is 6.42 Å². The molecule has 0 bridgehead atoms. The van der Waals surface area contributed by atoms with Crippen LogP contribution in [0.2, 0.25) is 0 Å². The van der Waals surface area contributed by atoms with Crippen molar-refractivity contribution in [2.24, 2.45) is 0 Å². The van der Waals surface area contributed by atoms with Gasteiger partial charge in [-0.2, -0.15) is 5.10 Å². The zero-order valence-electron chi connectivity index (χ0n) is 9.37. The van der Waals surface area contributed by atoms with Crippen molar-refractivity contribution >= 4 is 0 Å². The van der Waals surface area contributed by atoms with Gasteiger partial charge in [-0.25, -0.2) is 4.68 Å². The Kier molecular flexibility index (Phi) is 3.37. The minimum Gasteiger partial charge on any atom is -0.393 e. The third-order valence-corrected chi connectivity index (χ3v) is 2.56. The fourth-order valence-electron chi connectivity index (χ4n) is 1.61. The van der Waals surface area contributed by atoms with E-state index in [0.29, 0.717) is 0 Å². The number of aryl methyl sites for hydroxylation is 1. The first-order valence-corrected chi connectivity index (χ1v) is 5.53. The number of hydrogen-bond donors (Lipinski definition) is 1. The summed E-state index contributed by atoms with van der Waals surface area (Å²) in [5, 5.41) is 13.4. The Morgan fingerprint density at radius 3 is 2.62 bits per heavy atom. The van der Waals surface area contributed by atoms with Crippen molar-refractivity contribution in [3.8, 4) is 5.69 Å². The van der Waals surface area contributed by atoms with E-state index in [-0.39, 0.29) is 6.10 Å². The number of rotatable bonds is 4. The quantitative estimate of drug-likeness (QED) is 0.850. The molecule has 0 aliphatic rings. The minimum absolute atomic E-state index is 0.231. The van der Waals surface area contributed by atoms with Gasteiger partial charge >= 0.3 is 0 Å². The van der Waals surface area contributed by atoms with Gasteiger partial charge in [-0.15, -0.1) is 0 Å². The highest BCUT2D eigenvalue weighted by Crippen LogP contribution is 2.10. The van der Waals surface area contributed by atoms with Crippen LogP contribution in [0, 0.1) is 0 Å². The molecule has 0 spiro atoms. The van der Waals surface area contributed by atoms with Gasteiger partial charge in [-0.05, 0) is 43.5 Å². The number of aliphatic hydroxyl groups excluding tert-OH is 1. The molecule has 16 heavy (non-hydrogen) atoms. The molecule has 1 heterocycles. The van der Waals surface area contributed by atoms with Crippen molar-refractivity contribution in [2.45, 2.75) is 25.9 Å². The van der Waals surface area contributed by atoms with E-state index in [1.165, 1.54) is 5.56 Å². The molecule has 0 amide bonds. The molecular weight excluding hydrogens is 200 g/mol. The number of aromatic nitrogens is 2. The second-order valence-electron chi connectivity index (χ2n) is 4.00. The van der Waals surface area contributed by atoms with E-state index in [1.807, 2.05) is 36.0 Å². The lowest BCUT2D eigenvalue weighted by molar-refractivity contribution is 0.185. The molecule has 0 saturated carbocycles. The molecule has 2 rings (SSSR count). The van der Waals surface area contributed by atoms with Crippen LogP contribution in [0.1, 0.15) is 18.9 Å². The molecular formula is C13H16N2O. The molecule has 84 valence electrons. The zero-order chi connectivity index (χ0) is 11.4. The summed E-state index contributed by atoms with van der Waals surface area (Å²) >= 11 is 0. The van der Waals surface area contributed by atoms with Crippen molar-refractivity contribution in [1.29, 1.82) is 0 Å². The lowest BCUT2D eigenvalue weighted by atomic mass is 10.1. The first kappa shape index (κ1) is 10.9. The van der Waals surface area contributed by atoms with E-state index >= 15 is 0 Å². The van der Waals surface area contributed by atoms with Gasteiger partial charge in [0.25, 0.3) is 0 Å². The molecule has 3 heteroatoms. The normalized spacial score (nSPS) is 12.6. The Morgan fingerprint density at radius 2 is 2.06 bits per heavy atom. The highest BCUT2D eigenvalue weighted by Gasteiger charge is 1.99. The number of benzene rings is 1. The van der Waals surface area contributed by atoms with Crippen LogP contribution in [-0.4, -0.2) is 21.0 Å². The molecule has 0 unspecified atom stereocenters. The SMILES string of the molecule is C[C@H](O)CCc1ccc(-n2cccn2)cc1. The molecule has 0 aliphatic heterocycles. The van der Waals surface area contributed by atoms with E-state index in [9.17, 15) is 5.11 Å². The molecule has 1 aromatic carbocycles. The maximum absolute atomic E-state index is 9.20. The summed E-state index contributed by atoms with van der Waals surface area (Å²) in [6.45, 7) is 1.82. The van der Waals surface area contributed by atoms with Gasteiger partial charge in [0, 0.05) is 12.4 Å². The molecule has 0 fully saturated rings. The van der Waals surface area contributed by atoms with Crippen LogP contribution in [0.5, 0.6) is 0 Å². The van der Waals surface area contributed by atoms with E-state index in [1.54, 1.807) is 6.20 Å². The standard InChI is InChI=1S/C13H16N2O/c1-11(16)3-4-12-5-7-13(8-6-12)15-10-2-9-14-15/h2,5-11,16H,3-4H2,1H3/t11-/m0/s1. The molecule has 1 N–H and O–H groups in total. The summed E-state index contributed by atoms with van der Waals surface area (Å²) in [5.41, 5.74) is 2.31. The predicted molar refractivity (Wildman–Crippen MR) is 63.6 cm³/mol. The smallest absolute Gasteiger partial charge is 0.0645 e. The first-order chi connectivity index (χ1) is 7.75. The number of nitrogens with zero attached hydrogens (tertiary/aromatic N) is 2. The lowest BCUT2D eigenvalue weighted by Gasteiger charge is -2.05. The molecule has 3 nitrogen and oxygen atoms in total. The molecule has 0 saturated heterocycles. The van der Waals surface area contributed by atoms with E-state index < -0.39 is 0 Å². The lowest BCUT2D eigenvalue weighted by Crippen LogP contribution is -2.01. The molecule has 2 aromatic rings. The van der Waals surface area contributed by atoms with Crippen LogP contribution in [0.15, 0.2) is 42.7 Å². The topological polar surface area (TPSA) is 38.0 Å². The Balaban J connectivity index is 2.05. The Morgan fingerprint density at radius 1 is 1.31 bits per heavy atom. The second-order valence-corrected chi connectivity index (χ2v) is 4.00. The summed E-state index contributed by atoms with van der Waals surface area (Å²) in [4.78, 5) is 0. The highest BCUT2D eigenvalue weighted by atomic mass is 16.3. The largest absolute Gasteiger partial charge is 0.393 e. The van der Waals surface area contributed by atoms with Crippen molar-refractivity contribution in [3.63, 3.8) is 0 Å². The minimum atomic E-state index is -0.231. The van der Waals surface area contributed by atoms with Gasteiger partial charge in [0.1, 0.15) is 0 Å². The van der Waals surface area contributed by atoms with Gasteiger partial charge < -0.3 is 5.11 Å². The maximum atomic E-state index is 9.20. The van der Waals surface area contributed by atoms with Crippen molar-refractivity contribution in [3.05, 3.63) is 48.3 Å². The van der Waals surface area contributed by atoms with Crippen LogP contribution in [0.3, 0.4) is 0 Å². The molecule has 0 aliphatic carbocycles. The maximum Gasteiger partial charge on any atom is 0.0645 e. The van der Waals surface area contributed by atoms with Crippen LogP contribution >= 0.6 is 0 Å². The Bertz CT molecular complexity index is 418. The Hall–Kier alpha value is -1.61. The van der Waals surface area contributed by atoms with Gasteiger partial charge in [0.2, 0.25) is 0 Å². The van der Waals surface area contributed by atoms with E-state index in [2.05, 4.69) is 17.2 Å². The number of aliphatic hydroxyl groups is 1. The number of hydrogen-bond acceptors (Lipinski definition) is 2. The van der Waals surface area contributed by atoms with Crippen LogP contribution in [0.25, 0.3) is 5.69 Å². The Labute approximate surface area is 95.3 Å². The molecule has 0 radical (unpaired) electrons. The third-order valence-electron chi connectivity index (χ3n) is 2.56. The van der Waals surface area contributed by atoms with Crippen molar-refractivity contribution < 1.29 is 5.11 Å². The van der Waals surface area contributed by atoms with Crippen molar-refractivity contribution in [2.75, 3.05) is 0 Å². The van der Waals surface area contributed by atoms with Gasteiger partial charge in [-0.3, -0.25) is 0 Å². The first-order valence-electron chi connectivity index (χ1n) is 5.53. The average molecular weight is 216 g/mol. The second kappa shape index (κ2) is 4.94. The van der Waals surface area contributed by atoms with Crippen LogP contribution < -0.4 is 0 Å². The summed E-state index contributed by atoms with van der Waals surface area (Å²) in [7, 11) is 0.